The van der Waals surface area contributed by atoms with Gasteiger partial charge in [-0.1, -0.05) is 5.16 Å². The van der Waals surface area contributed by atoms with E-state index in [-0.39, 0.29) is 0 Å². The normalized spacial score (nSPS) is 16.6. The summed E-state index contributed by atoms with van der Waals surface area (Å²) in [4.78, 5) is 4.61. The fourth-order valence-corrected chi connectivity index (χ4v) is 2.87. The molecule has 0 aromatic carbocycles. The molecule has 7 nitrogen and oxygen atoms in total. The summed E-state index contributed by atoms with van der Waals surface area (Å²) < 4.78 is 7.29. The number of aromatic nitrogens is 3. The van der Waals surface area contributed by atoms with E-state index >= 15 is 0 Å². The number of ether oxygens (including phenoxy) is 1. The summed E-state index contributed by atoms with van der Waals surface area (Å²) in [5, 5.41) is 21.1. The van der Waals surface area contributed by atoms with Crippen LogP contribution in [0.3, 0.4) is 0 Å². The predicted octanol–water partition coefficient (Wildman–Crippen LogP) is 2.16. The van der Waals surface area contributed by atoms with Crippen LogP contribution in [0.2, 0.25) is 0 Å². The van der Waals surface area contributed by atoms with Crippen LogP contribution in [0, 0.1) is 6.92 Å². The molecule has 0 radical (unpaired) electrons. The molecule has 1 saturated heterocycles. The van der Waals surface area contributed by atoms with E-state index in [2.05, 4.69) is 20.6 Å². The number of hydrogen-bond acceptors (Lipinski definition) is 6. The molecule has 3 heterocycles. The summed E-state index contributed by atoms with van der Waals surface area (Å²) in [6, 6.07) is 0.342. The predicted molar refractivity (Wildman–Crippen MR) is 84.8 cm³/mol. The van der Waals surface area contributed by atoms with Gasteiger partial charge in [-0.05, 0) is 26.7 Å². The van der Waals surface area contributed by atoms with Crippen LogP contribution in [0.25, 0.3) is 11.0 Å². The monoisotopic (exact) mass is 303 g/mol. The van der Waals surface area contributed by atoms with Crippen molar-refractivity contribution in [1.29, 1.82) is 0 Å². The van der Waals surface area contributed by atoms with Gasteiger partial charge in [-0.3, -0.25) is 0 Å². The van der Waals surface area contributed by atoms with Gasteiger partial charge in [0.15, 0.2) is 5.65 Å². The van der Waals surface area contributed by atoms with E-state index in [9.17, 15) is 0 Å². The van der Waals surface area contributed by atoms with Crippen molar-refractivity contribution in [3.8, 4) is 0 Å². The lowest BCUT2D eigenvalue weighted by atomic mass is 10.1. The van der Waals surface area contributed by atoms with Crippen LogP contribution >= 0.6 is 0 Å². The molecule has 0 atom stereocenters. The zero-order valence-corrected chi connectivity index (χ0v) is 12.9. The fourth-order valence-electron chi connectivity index (χ4n) is 2.87. The number of aryl methyl sites for hydroxylation is 2. The highest BCUT2D eigenvalue weighted by Crippen LogP contribution is 2.29. The Balaban J connectivity index is 2.10. The largest absolute Gasteiger partial charge is 0.411 e. The lowest BCUT2D eigenvalue weighted by Gasteiger charge is -2.25. The molecule has 0 saturated carbocycles. The van der Waals surface area contributed by atoms with E-state index in [4.69, 9.17) is 9.94 Å². The van der Waals surface area contributed by atoms with Gasteiger partial charge in [-0.2, -0.15) is 5.10 Å². The molecule has 0 spiro atoms. The minimum absolute atomic E-state index is 0.342. The molecule has 7 heteroatoms. The molecule has 22 heavy (non-hydrogen) atoms. The lowest BCUT2D eigenvalue weighted by molar-refractivity contribution is 0.0905. The summed E-state index contributed by atoms with van der Waals surface area (Å²) in [5.74, 6) is 0. The van der Waals surface area contributed by atoms with Gasteiger partial charge in [-0.15, -0.1) is 0 Å². The SMILES string of the molecule is CCn1ncc2c(NC3CCOCC3)c(C=NO)c(C)nc21. The standard InChI is InChI=1S/C15H21N5O2/c1-3-20-15-13(8-16-20)14(12(9-17-21)10(2)18-15)19-11-4-6-22-7-5-11/h8-9,11,21H,3-7H2,1-2H3,(H,18,19). The topological polar surface area (TPSA) is 84.6 Å². The number of nitrogens with one attached hydrogen (secondary N) is 1. The first kappa shape index (κ1) is 14.8. The number of anilines is 1. The Morgan fingerprint density at radius 3 is 2.95 bits per heavy atom. The van der Waals surface area contributed by atoms with E-state index in [0.717, 1.165) is 60.6 Å². The first-order chi connectivity index (χ1) is 10.7. The maximum atomic E-state index is 8.97. The minimum atomic E-state index is 0.342. The Hall–Kier alpha value is -2.15. The number of hydrogen-bond donors (Lipinski definition) is 2. The van der Waals surface area contributed by atoms with Crippen molar-refractivity contribution in [1.82, 2.24) is 14.8 Å². The molecule has 3 rings (SSSR count). The second-order valence-corrected chi connectivity index (χ2v) is 5.46. The third-order valence-electron chi connectivity index (χ3n) is 4.07. The molecular weight excluding hydrogens is 282 g/mol. The number of rotatable bonds is 4. The molecule has 2 aromatic heterocycles. The summed E-state index contributed by atoms with van der Waals surface area (Å²) >= 11 is 0. The molecular formula is C15H21N5O2. The maximum absolute atomic E-state index is 8.97. The van der Waals surface area contributed by atoms with E-state index < -0.39 is 0 Å². The van der Waals surface area contributed by atoms with Crippen molar-refractivity contribution in [2.45, 2.75) is 39.3 Å². The van der Waals surface area contributed by atoms with Gasteiger partial charge in [0, 0.05) is 31.4 Å². The summed E-state index contributed by atoms with van der Waals surface area (Å²) in [6.07, 6.45) is 5.18. The highest BCUT2D eigenvalue weighted by molar-refractivity contribution is 6.01. The maximum Gasteiger partial charge on any atom is 0.160 e. The van der Waals surface area contributed by atoms with Crippen LogP contribution in [0.1, 0.15) is 31.0 Å². The number of pyridine rings is 1. The Kier molecular flexibility index (Phi) is 4.24. The van der Waals surface area contributed by atoms with Gasteiger partial charge in [0.25, 0.3) is 0 Å². The van der Waals surface area contributed by atoms with Gasteiger partial charge in [-0.25, -0.2) is 9.67 Å². The van der Waals surface area contributed by atoms with Crippen molar-refractivity contribution in [2.24, 2.45) is 5.16 Å². The molecule has 0 aliphatic carbocycles. The zero-order chi connectivity index (χ0) is 15.5. The third-order valence-corrected chi connectivity index (χ3v) is 4.07. The first-order valence-electron chi connectivity index (χ1n) is 7.62. The Labute approximate surface area is 129 Å². The highest BCUT2D eigenvalue weighted by atomic mass is 16.5. The second kappa shape index (κ2) is 6.31. The quantitative estimate of drug-likeness (QED) is 0.513. The first-order valence-corrected chi connectivity index (χ1v) is 7.62. The summed E-state index contributed by atoms with van der Waals surface area (Å²) in [5.41, 5.74) is 3.41. The minimum Gasteiger partial charge on any atom is -0.411 e. The summed E-state index contributed by atoms with van der Waals surface area (Å²) in [6.45, 7) is 6.25. The van der Waals surface area contributed by atoms with Gasteiger partial charge >= 0.3 is 0 Å². The van der Waals surface area contributed by atoms with E-state index in [1.54, 1.807) is 0 Å². The second-order valence-electron chi connectivity index (χ2n) is 5.46. The van der Waals surface area contributed by atoms with Crippen LogP contribution < -0.4 is 5.32 Å². The van der Waals surface area contributed by atoms with E-state index in [0.29, 0.717) is 6.04 Å². The van der Waals surface area contributed by atoms with Crippen LogP contribution in [-0.4, -0.2) is 45.4 Å². The van der Waals surface area contributed by atoms with E-state index in [1.165, 1.54) is 6.21 Å². The Morgan fingerprint density at radius 2 is 2.27 bits per heavy atom. The Morgan fingerprint density at radius 1 is 1.50 bits per heavy atom. The third kappa shape index (κ3) is 2.64. The molecule has 0 unspecified atom stereocenters. The molecule has 2 N–H and O–H groups in total. The van der Waals surface area contributed by atoms with Crippen LogP contribution in [0.5, 0.6) is 0 Å². The smallest absolute Gasteiger partial charge is 0.160 e. The molecule has 1 aliphatic rings. The van der Waals surface area contributed by atoms with Gasteiger partial charge in [0.2, 0.25) is 0 Å². The molecule has 1 fully saturated rings. The molecule has 2 aromatic rings. The number of nitrogens with zero attached hydrogens (tertiary/aromatic N) is 4. The van der Waals surface area contributed by atoms with Crippen LogP contribution in [0.15, 0.2) is 11.4 Å². The molecule has 1 aliphatic heterocycles. The van der Waals surface area contributed by atoms with E-state index in [1.807, 2.05) is 24.7 Å². The van der Waals surface area contributed by atoms with Crippen molar-refractivity contribution in [2.75, 3.05) is 18.5 Å². The highest BCUT2D eigenvalue weighted by Gasteiger charge is 2.20. The van der Waals surface area contributed by atoms with Crippen molar-refractivity contribution >= 4 is 22.9 Å². The van der Waals surface area contributed by atoms with Gasteiger partial charge in [0.05, 0.1) is 29.2 Å². The summed E-state index contributed by atoms with van der Waals surface area (Å²) in [7, 11) is 0. The average molecular weight is 303 g/mol. The fraction of sp³-hybridized carbons (Fsp3) is 0.533. The lowest BCUT2D eigenvalue weighted by Crippen LogP contribution is -2.28. The van der Waals surface area contributed by atoms with Crippen molar-refractivity contribution in [3.63, 3.8) is 0 Å². The molecule has 0 bridgehead atoms. The van der Waals surface area contributed by atoms with Crippen molar-refractivity contribution < 1.29 is 9.94 Å². The van der Waals surface area contributed by atoms with Crippen molar-refractivity contribution in [3.05, 3.63) is 17.5 Å². The van der Waals surface area contributed by atoms with Crippen LogP contribution in [0.4, 0.5) is 5.69 Å². The average Bonchev–Trinajstić information content (AvgIpc) is 2.94. The Bertz CT molecular complexity index is 689. The van der Waals surface area contributed by atoms with Crippen LogP contribution in [-0.2, 0) is 11.3 Å². The molecule has 0 amide bonds. The number of fused-ring (bicyclic) bond motifs is 1. The zero-order valence-electron chi connectivity index (χ0n) is 12.9. The molecule has 118 valence electrons. The van der Waals surface area contributed by atoms with Gasteiger partial charge < -0.3 is 15.3 Å². The van der Waals surface area contributed by atoms with Gasteiger partial charge in [0.1, 0.15) is 0 Å². The number of oxime groups is 1.